The van der Waals surface area contributed by atoms with Crippen LogP contribution in [0.2, 0.25) is 0 Å². The number of carbonyl (C=O) groups excluding carboxylic acids is 1. The maximum absolute atomic E-state index is 13.0. The van der Waals surface area contributed by atoms with Crippen molar-refractivity contribution in [3.63, 3.8) is 0 Å². The van der Waals surface area contributed by atoms with E-state index in [9.17, 15) is 13.6 Å². The molecule has 0 saturated heterocycles. The van der Waals surface area contributed by atoms with Gasteiger partial charge in [0.1, 0.15) is 5.69 Å². The van der Waals surface area contributed by atoms with E-state index in [1.54, 1.807) is 25.1 Å². The fourth-order valence-corrected chi connectivity index (χ4v) is 1.74. The monoisotopic (exact) mass is 367 g/mol. The number of rotatable bonds is 5. The third-order valence-electron chi connectivity index (χ3n) is 2.91. The predicted octanol–water partition coefficient (Wildman–Crippen LogP) is 2.82. The van der Waals surface area contributed by atoms with Crippen molar-refractivity contribution in [3.05, 3.63) is 41.8 Å². The number of hydrogen-bond donors (Lipinski definition) is 2. The summed E-state index contributed by atoms with van der Waals surface area (Å²) in [5.41, 5.74) is 6.14. The van der Waals surface area contributed by atoms with Crippen LogP contribution in [0.25, 0.3) is 11.5 Å². The highest BCUT2D eigenvalue weighted by molar-refractivity contribution is 5.95. The Balaban J connectivity index is 0.00000242. The Hall–Kier alpha value is -1.70. The summed E-state index contributed by atoms with van der Waals surface area (Å²) in [5, 5.41) is 2.15. The van der Waals surface area contributed by atoms with Gasteiger partial charge in [-0.15, -0.1) is 24.8 Å². The maximum atomic E-state index is 13.0. The Morgan fingerprint density at radius 2 is 2.04 bits per heavy atom. The van der Waals surface area contributed by atoms with Gasteiger partial charge >= 0.3 is 0 Å². The molecular weight excluding hydrogens is 351 g/mol. The van der Waals surface area contributed by atoms with Crippen molar-refractivity contribution >= 4 is 30.7 Å². The van der Waals surface area contributed by atoms with E-state index in [2.05, 4.69) is 10.3 Å². The number of nitrogens with two attached hydrogens (primary N) is 1. The number of aryl methyl sites for hydroxylation is 1. The van der Waals surface area contributed by atoms with Crippen molar-refractivity contribution in [2.45, 2.75) is 12.8 Å². The molecule has 128 valence electrons. The summed E-state index contributed by atoms with van der Waals surface area (Å²) >= 11 is 0. The molecule has 0 aliphatic carbocycles. The molecule has 0 aromatic carbocycles. The average Bonchev–Trinajstić information content (AvgIpc) is 2.99. The molecule has 2 aromatic rings. The number of furan rings is 1. The number of alkyl halides is 2. The number of aromatic nitrogens is 1. The highest BCUT2D eigenvalue weighted by atomic mass is 35.5. The molecule has 9 heteroatoms. The summed E-state index contributed by atoms with van der Waals surface area (Å²) in [6, 6.07) is 6.59. The molecule has 0 aliphatic rings. The molecular formula is C14H17Cl2F2N3O2. The van der Waals surface area contributed by atoms with Crippen LogP contribution in [0.1, 0.15) is 16.1 Å². The van der Waals surface area contributed by atoms with Gasteiger partial charge in [0.2, 0.25) is 0 Å². The largest absolute Gasteiger partial charge is 0.463 e. The standard InChI is InChI=1S/C14H15F2N3O2.2ClH/c1-9-10(13(20)18-8-14(15,16)7-17)4-5-11(19-9)12-3-2-6-21-12;;/h2-6H,7-8,17H2,1H3,(H,18,20);2*1H. The van der Waals surface area contributed by atoms with E-state index in [-0.39, 0.29) is 30.4 Å². The summed E-state index contributed by atoms with van der Waals surface area (Å²) in [7, 11) is 0. The van der Waals surface area contributed by atoms with Gasteiger partial charge in [-0.3, -0.25) is 4.79 Å². The van der Waals surface area contributed by atoms with Crippen molar-refractivity contribution in [2.75, 3.05) is 13.1 Å². The zero-order chi connectivity index (χ0) is 15.5. The number of hydrogen-bond acceptors (Lipinski definition) is 4. The second kappa shape index (κ2) is 8.81. The minimum Gasteiger partial charge on any atom is -0.463 e. The molecule has 0 unspecified atom stereocenters. The van der Waals surface area contributed by atoms with E-state index >= 15 is 0 Å². The van der Waals surface area contributed by atoms with Gasteiger partial charge < -0.3 is 15.5 Å². The molecule has 2 heterocycles. The lowest BCUT2D eigenvalue weighted by Crippen LogP contribution is -2.41. The van der Waals surface area contributed by atoms with Gasteiger partial charge in [0.05, 0.1) is 30.6 Å². The van der Waals surface area contributed by atoms with Crippen LogP contribution >= 0.6 is 24.8 Å². The van der Waals surface area contributed by atoms with Crippen LogP contribution in [-0.2, 0) is 0 Å². The van der Waals surface area contributed by atoms with E-state index in [0.717, 1.165) is 0 Å². The van der Waals surface area contributed by atoms with Crippen LogP contribution in [0, 0.1) is 6.92 Å². The lowest BCUT2D eigenvalue weighted by atomic mass is 10.1. The summed E-state index contributed by atoms with van der Waals surface area (Å²) in [6.45, 7) is 0.00603. The molecule has 0 fully saturated rings. The second-order valence-electron chi connectivity index (χ2n) is 4.55. The zero-order valence-corrected chi connectivity index (χ0v) is 13.8. The normalized spacial score (nSPS) is 10.4. The number of halogens is 4. The van der Waals surface area contributed by atoms with Gasteiger partial charge in [-0.2, -0.15) is 0 Å². The fraction of sp³-hybridized carbons (Fsp3) is 0.286. The minimum absolute atomic E-state index is 0. The topological polar surface area (TPSA) is 81.2 Å². The first-order valence-corrected chi connectivity index (χ1v) is 6.30. The van der Waals surface area contributed by atoms with Gasteiger partial charge in [-0.05, 0) is 31.2 Å². The highest BCUT2D eigenvalue weighted by Gasteiger charge is 2.27. The van der Waals surface area contributed by atoms with Crippen LogP contribution in [0.5, 0.6) is 0 Å². The van der Waals surface area contributed by atoms with Gasteiger partial charge in [0.25, 0.3) is 11.8 Å². The van der Waals surface area contributed by atoms with Gasteiger partial charge in [-0.1, -0.05) is 0 Å². The molecule has 2 aromatic heterocycles. The zero-order valence-electron chi connectivity index (χ0n) is 12.2. The summed E-state index contributed by atoms with van der Waals surface area (Å²) in [5.74, 6) is -3.16. The summed E-state index contributed by atoms with van der Waals surface area (Å²) < 4.78 is 31.2. The lowest BCUT2D eigenvalue weighted by molar-refractivity contribution is 0.0118. The summed E-state index contributed by atoms with van der Waals surface area (Å²) in [4.78, 5) is 16.1. The Bertz CT molecular complexity index is 637. The molecule has 23 heavy (non-hydrogen) atoms. The molecule has 0 bridgehead atoms. The Kier molecular flexibility index (Phi) is 8.16. The molecule has 5 nitrogen and oxygen atoms in total. The smallest absolute Gasteiger partial charge is 0.277 e. The number of pyridine rings is 1. The second-order valence-corrected chi connectivity index (χ2v) is 4.55. The van der Waals surface area contributed by atoms with E-state index in [4.69, 9.17) is 10.2 Å². The molecule has 0 aliphatic heterocycles. The van der Waals surface area contributed by atoms with Gasteiger partial charge in [0.15, 0.2) is 5.76 Å². The van der Waals surface area contributed by atoms with Crippen LogP contribution in [0.15, 0.2) is 34.9 Å². The van der Waals surface area contributed by atoms with E-state index in [1.165, 1.54) is 12.3 Å². The highest BCUT2D eigenvalue weighted by Crippen LogP contribution is 2.19. The number of carbonyl (C=O) groups is 1. The van der Waals surface area contributed by atoms with Crippen molar-refractivity contribution in [1.29, 1.82) is 0 Å². The Labute approximate surface area is 144 Å². The average molecular weight is 368 g/mol. The van der Waals surface area contributed by atoms with Crippen LogP contribution in [0.3, 0.4) is 0 Å². The SMILES string of the molecule is Cc1nc(-c2ccco2)ccc1C(=O)NCC(F)(F)CN.Cl.Cl. The third-order valence-corrected chi connectivity index (χ3v) is 2.91. The van der Waals surface area contributed by atoms with Gasteiger partial charge in [-0.25, -0.2) is 13.8 Å². The van der Waals surface area contributed by atoms with Crippen molar-refractivity contribution in [1.82, 2.24) is 10.3 Å². The quantitative estimate of drug-likeness (QED) is 0.851. The van der Waals surface area contributed by atoms with E-state index in [0.29, 0.717) is 17.1 Å². The first kappa shape index (κ1) is 21.3. The van der Waals surface area contributed by atoms with Crippen LogP contribution in [0.4, 0.5) is 8.78 Å². The maximum Gasteiger partial charge on any atom is 0.277 e. The number of nitrogens with one attached hydrogen (secondary N) is 1. The van der Waals surface area contributed by atoms with E-state index < -0.39 is 24.9 Å². The minimum atomic E-state index is -3.12. The third kappa shape index (κ3) is 5.46. The van der Waals surface area contributed by atoms with Crippen molar-refractivity contribution < 1.29 is 18.0 Å². The Morgan fingerprint density at radius 1 is 1.35 bits per heavy atom. The molecule has 0 radical (unpaired) electrons. The van der Waals surface area contributed by atoms with Crippen LogP contribution in [-0.4, -0.2) is 29.9 Å². The molecule has 3 N–H and O–H groups in total. The predicted molar refractivity (Wildman–Crippen MR) is 87.5 cm³/mol. The Morgan fingerprint density at radius 3 is 2.57 bits per heavy atom. The first-order chi connectivity index (χ1) is 9.93. The molecule has 2 rings (SSSR count). The van der Waals surface area contributed by atoms with Crippen LogP contribution < -0.4 is 11.1 Å². The van der Waals surface area contributed by atoms with E-state index in [1.807, 2.05) is 0 Å². The van der Waals surface area contributed by atoms with Crippen molar-refractivity contribution in [3.8, 4) is 11.5 Å². The number of amides is 1. The van der Waals surface area contributed by atoms with Crippen molar-refractivity contribution in [2.24, 2.45) is 5.73 Å². The summed E-state index contributed by atoms with van der Waals surface area (Å²) in [6.07, 6.45) is 1.52. The van der Waals surface area contributed by atoms with Gasteiger partial charge in [0, 0.05) is 0 Å². The fourth-order valence-electron chi connectivity index (χ4n) is 1.74. The molecule has 0 atom stereocenters. The molecule has 0 spiro atoms. The first-order valence-electron chi connectivity index (χ1n) is 6.30. The lowest BCUT2D eigenvalue weighted by Gasteiger charge is -2.15. The molecule has 0 saturated carbocycles. The number of nitrogens with zero attached hydrogens (tertiary/aromatic N) is 1. The molecule has 1 amide bonds.